The molecule has 0 aromatic carbocycles. The zero-order valence-electron chi connectivity index (χ0n) is 9.08. The summed E-state index contributed by atoms with van der Waals surface area (Å²) in [5.41, 5.74) is 0. The molecule has 1 saturated carbocycles. The molecule has 2 aliphatic rings. The summed E-state index contributed by atoms with van der Waals surface area (Å²) >= 11 is 0. The summed E-state index contributed by atoms with van der Waals surface area (Å²) in [7, 11) is 2.18. The third kappa shape index (κ3) is 2.47. The Balaban J connectivity index is 1.74. The summed E-state index contributed by atoms with van der Waals surface area (Å²) in [6.07, 6.45) is 5.72. The van der Waals surface area contributed by atoms with Crippen LogP contribution in [0.15, 0.2) is 0 Å². The number of likely N-dealkylation sites (tertiary alicyclic amines) is 1. The normalized spacial score (nSPS) is 36.4. The number of aliphatic hydroxyl groups is 1. The van der Waals surface area contributed by atoms with Crippen LogP contribution in [0.25, 0.3) is 0 Å². The van der Waals surface area contributed by atoms with Crippen LogP contribution in [-0.4, -0.2) is 48.3 Å². The van der Waals surface area contributed by atoms with Crippen molar-refractivity contribution in [2.75, 3.05) is 20.1 Å². The summed E-state index contributed by atoms with van der Waals surface area (Å²) < 4.78 is 0. The quantitative estimate of drug-likeness (QED) is 0.681. The number of nitrogens with zero attached hydrogens (tertiary/aromatic N) is 1. The van der Waals surface area contributed by atoms with Gasteiger partial charge in [-0.2, -0.15) is 0 Å². The van der Waals surface area contributed by atoms with Gasteiger partial charge in [0.1, 0.15) is 0 Å². The molecule has 2 atom stereocenters. The Kier molecular flexibility index (Phi) is 3.42. The van der Waals surface area contributed by atoms with E-state index in [4.69, 9.17) is 0 Å². The monoisotopic (exact) mass is 198 g/mol. The zero-order chi connectivity index (χ0) is 9.97. The highest BCUT2D eigenvalue weighted by molar-refractivity contribution is 4.87. The molecule has 3 heteroatoms. The smallest absolute Gasteiger partial charge is 0.0693 e. The average Bonchev–Trinajstić information content (AvgIpc) is 2.56. The molecule has 1 saturated heterocycles. The van der Waals surface area contributed by atoms with Gasteiger partial charge in [-0.1, -0.05) is 0 Å². The van der Waals surface area contributed by atoms with Crippen LogP contribution in [0.3, 0.4) is 0 Å². The maximum Gasteiger partial charge on any atom is 0.0693 e. The SMILES string of the molecule is CN1CCC(N[C@@H]2CCC[C@H]2O)CC1. The largest absolute Gasteiger partial charge is 0.392 e. The third-order valence-electron chi connectivity index (χ3n) is 3.65. The van der Waals surface area contributed by atoms with Gasteiger partial charge in [0.15, 0.2) is 0 Å². The van der Waals surface area contributed by atoms with E-state index >= 15 is 0 Å². The molecule has 0 spiro atoms. The van der Waals surface area contributed by atoms with E-state index in [0.717, 1.165) is 12.8 Å². The van der Waals surface area contributed by atoms with Crippen molar-refractivity contribution < 1.29 is 5.11 Å². The molecule has 3 nitrogen and oxygen atoms in total. The van der Waals surface area contributed by atoms with Crippen molar-refractivity contribution in [1.29, 1.82) is 0 Å². The van der Waals surface area contributed by atoms with Gasteiger partial charge < -0.3 is 15.3 Å². The van der Waals surface area contributed by atoms with Crippen LogP contribution < -0.4 is 5.32 Å². The van der Waals surface area contributed by atoms with Crippen molar-refractivity contribution in [3.63, 3.8) is 0 Å². The molecule has 0 aromatic heterocycles. The summed E-state index contributed by atoms with van der Waals surface area (Å²) in [5, 5.41) is 13.3. The van der Waals surface area contributed by atoms with E-state index in [1.54, 1.807) is 0 Å². The second-order valence-electron chi connectivity index (χ2n) is 4.85. The molecule has 2 rings (SSSR count). The average molecular weight is 198 g/mol. The Morgan fingerprint density at radius 1 is 1.14 bits per heavy atom. The van der Waals surface area contributed by atoms with Gasteiger partial charge in [0, 0.05) is 12.1 Å². The first-order valence-electron chi connectivity index (χ1n) is 5.88. The van der Waals surface area contributed by atoms with Gasteiger partial charge in [-0.15, -0.1) is 0 Å². The minimum atomic E-state index is -0.0883. The number of nitrogens with one attached hydrogen (secondary N) is 1. The Labute approximate surface area is 86.5 Å². The lowest BCUT2D eigenvalue weighted by Crippen LogP contribution is -2.47. The molecule has 0 amide bonds. The molecule has 82 valence electrons. The second kappa shape index (κ2) is 4.60. The molecule has 1 aliphatic heterocycles. The lowest BCUT2D eigenvalue weighted by Gasteiger charge is -2.32. The van der Waals surface area contributed by atoms with E-state index in [1.807, 2.05) is 0 Å². The Hall–Kier alpha value is -0.120. The molecular formula is C11H22N2O. The first kappa shape index (κ1) is 10.4. The fraction of sp³-hybridized carbons (Fsp3) is 1.00. The summed E-state index contributed by atoms with van der Waals surface area (Å²) in [4.78, 5) is 2.38. The van der Waals surface area contributed by atoms with Gasteiger partial charge in [-0.05, 0) is 52.2 Å². The maximum atomic E-state index is 9.70. The van der Waals surface area contributed by atoms with Gasteiger partial charge in [-0.25, -0.2) is 0 Å². The highest BCUT2D eigenvalue weighted by Crippen LogP contribution is 2.21. The van der Waals surface area contributed by atoms with Gasteiger partial charge >= 0.3 is 0 Å². The lowest BCUT2D eigenvalue weighted by molar-refractivity contribution is 0.131. The molecule has 0 radical (unpaired) electrons. The molecule has 1 aliphatic carbocycles. The Morgan fingerprint density at radius 3 is 2.43 bits per heavy atom. The van der Waals surface area contributed by atoms with Crippen molar-refractivity contribution in [3.8, 4) is 0 Å². The van der Waals surface area contributed by atoms with Crippen molar-refractivity contribution in [2.24, 2.45) is 0 Å². The lowest BCUT2D eigenvalue weighted by atomic mass is 10.0. The van der Waals surface area contributed by atoms with E-state index in [1.165, 1.54) is 32.4 Å². The molecule has 1 heterocycles. The number of hydrogen-bond acceptors (Lipinski definition) is 3. The number of hydrogen-bond donors (Lipinski definition) is 2. The van der Waals surface area contributed by atoms with Crippen molar-refractivity contribution in [3.05, 3.63) is 0 Å². The fourth-order valence-electron chi connectivity index (χ4n) is 2.61. The molecule has 0 unspecified atom stereocenters. The molecule has 0 bridgehead atoms. The van der Waals surface area contributed by atoms with Crippen LogP contribution >= 0.6 is 0 Å². The first-order chi connectivity index (χ1) is 6.75. The zero-order valence-corrected chi connectivity index (χ0v) is 9.08. The number of aliphatic hydroxyl groups excluding tert-OH is 1. The van der Waals surface area contributed by atoms with Crippen LogP contribution in [0.4, 0.5) is 0 Å². The first-order valence-corrected chi connectivity index (χ1v) is 5.88. The number of rotatable bonds is 2. The number of piperidine rings is 1. The van der Waals surface area contributed by atoms with Crippen LogP contribution in [0.2, 0.25) is 0 Å². The predicted octanol–water partition coefficient (Wildman–Crippen LogP) is 0.584. The summed E-state index contributed by atoms with van der Waals surface area (Å²) in [5.74, 6) is 0. The molecule has 2 fully saturated rings. The van der Waals surface area contributed by atoms with Crippen molar-refractivity contribution >= 4 is 0 Å². The van der Waals surface area contributed by atoms with Crippen LogP contribution in [0.1, 0.15) is 32.1 Å². The topological polar surface area (TPSA) is 35.5 Å². The highest BCUT2D eigenvalue weighted by Gasteiger charge is 2.28. The predicted molar refractivity (Wildman–Crippen MR) is 57.3 cm³/mol. The van der Waals surface area contributed by atoms with Gasteiger partial charge in [-0.3, -0.25) is 0 Å². The highest BCUT2D eigenvalue weighted by atomic mass is 16.3. The minimum absolute atomic E-state index is 0.0883. The standard InChI is InChI=1S/C11H22N2O/c1-13-7-5-9(6-8-13)12-10-3-2-4-11(10)14/h9-12,14H,2-8H2,1H3/t10-,11-/m1/s1. The Morgan fingerprint density at radius 2 is 1.86 bits per heavy atom. The third-order valence-corrected chi connectivity index (χ3v) is 3.65. The van der Waals surface area contributed by atoms with Crippen LogP contribution in [-0.2, 0) is 0 Å². The van der Waals surface area contributed by atoms with Crippen molar-refractivity contribution in [2.45, 2.75) is 50.3 Å². The van der Waals surface area contributed by atoms with Gasteiger partial charge in [0.2, 0.25) is 0 Å². The fourth-order valence-corrected chi connectivity index (χ4v) is 2.61. The van der Waals surface area contributed by atoms with Crippen LogP contribution in [0.5, 0.6) is 0 Å². The van der Waals surface area contributed by atoms with E-state index < -0.39 is 0 Å². The van der Waals surface area contributed by atoms with Gasteiger partial charge in [0.05, 0.1) is 6.10 Å². The maximum absolute atomic E-state index is 9.70. The molecular weight excluding hydrogens is 176 g/mol. The van der Waals surface area contributed by atoms with E-state index in [2.05, 4.69) is 17.3 Å². The van der Waals surface area contributed by atoms with E-state index in [-0.39, 0.29) is 6.10 Å². The summed E-state index contributed by atoms with van der Waals surface area (Å²) in [6, 6.07) is 1.02. The Bertz CT molecular complexity index is 178. The minimum Gasteiger partial charge on any atom is -0.392 e. The molecule has 14 heavy (non-hydrogen) atoms. The molecule has 0 aromatic rings. The van der Waals surface area contributed by atoms with Crippen molar-refractivity contribution in [1.82, 2.24) is 10.2 Å². The molecule has 2 N–H and O–H groups in total. The van der Waals surface area contributed by atoms with E-state index in [0.29, 0.717) is 12.1 Å². The van der Waals surface area contributed by atoms with Gasteiger partial charge in [0.25, 0.3) is 0 Å². The summed E-state index contributed by atoms with van der Waals surface area (Å²) in [6.45, 7) is 2.39. The van der Waals surface area contributed by atoms with E-state index in [9.17, 15) is 5.11 Å². The second-order valence-corrected chi connectivity index (χ2v) is 4.85. The van der Waals surface area contributed by atoms with Crippen LogP contribution in [0, 0.1) is 0 Å².